The van der Waals surface area contributed by atoms with Crippen molar-refractivity contribution in [2.24, 2.45) is 11.8 Å². The van der Waals surface area contributed by atoms with E-state index in [2.05, 4.69) is 27.3 Å². The van der Waals surface area contributed by atoms with Crippen LogP contribution in [0.4, 0.5) is 0 Å². The molecule has 1 amide bonds. The molecule has 0 spiro atoms. The predicted molar refractivity (Wildman–Crippen MR) is 81.6 cm³/mol. The van der Waals surface area contributed by atoms with Crippen molar-refractivity contribution < 1.29 is 9.53 Å². The molecule has 0 aliphatic carbocycles. The molecule has 0 radical (unpaired) electrons. The first kappa shape index (κ1) is 15.4. The molecule has 22 heavy (non-hydrogen) atoms. The molecule has 0 bridgehead atoms. The van der Waals surface area contributed by atoms with Crippen LogP contribution in [0.1, 0.15) is 29.8 Å². The lowest BCUT2D eigenvalue weighted by Crippen LogP contribution is -2.34. The van der Waals surface area contributed by atoms with Crippen LogP contribution in [0.5, 0.6) is 0 Å². The minimum Gasteiger partial charge on any atom is -0.383 e. The van der Waals surface area contributed by atoms with Gasteiger partial charge in [0.25, 0.3) is 5.91 Å². The van der Waals surface area contributed by atoms with Crippen molar-refractivity contribution in [3.8, 4) is 0 Å². The second-order valence-corrected chi connectivity index (χ2v) is 6.28. The first-order chi connectivity index (χ1) is 10.7. The van der Waals surface area contributed by atoms with Gasteiger partial charge in [-0.2, -0.15) is 0 Å². The van der Waals surface area contributed by atoms with E-state index < -0.39 is 0 Å². The predicted octanol–water partition coefficient (Wildman–Crippen LogP) is 0.168. The SMILES string of the molecule is CCCN1C[C@@H]2Cc3nnc(C(=O)NCCOC)n3C[C@@H]2C1. The van der Waals surface area contributed by atoms with Crippen LogP contribution in [0.2, 0.25) is 0 Å². The number of nitrogens with one attached hydrogen (secondary N) is 1. The average molecular weight is 307 g/mol. The molecule has 0 unspecified atom stereocenters. The molecule has 1 fully saturated rings. The highest BCUT2D eigenvalue weighted by atomic mass is 16.5. The van der Waals surface area contributed by atoms with Gasteiger partial charge in [-0.3, -0.25) is 4.79 Å². The van der Waals surface area contributed by atoms with Gasteiger partial charge in [0.1, 0.15) is 5.82 Å². The number of ether oxygens (including phenoxy) is 1. The largest absolute Gasteiger partial charge is 0.383 e. The fourth-order valence-electron chi connectivity index (χ4n) is 3.63. The fourth-order valence-corrected chi connectivity index (χ4v) is 3.63. The number of carbonyl (C=O) groups is 1. The third-order valence-electron chi connectivity index (χ3n) is 4.68. The van der Waals surface area contributed by atoms with Gasteiger partial charge < -0.3 is 19.5 Å². The zero-order valence-corrected chi connectivity index (χ0v) is 13.4. The van der Waals surface area contributed by atoms with Crippen LogP contribution < -0.4 is 5.32 Å². The van der Waals surface area contributed by atoms with E-state index in [1.165, 1.54) is 6.42 Å². The van der Waals surface area contributed by atoms with Gasteiger partial charge in [-0.05, 0) is 24.8 Å². The number of nitrogens with zero attached hydrogens (tertiary/aromatic N) is 4. The highest BCUT2D eigenvalue weighted by Crippen LogP contribution is 2.32. The molecule has 3 rings (SSSR count). The van der Waals surface area contributed by atoms with Crippen molar-refractivity contribution in [1.29, 1.82) is 0 Å². The Balaban J connectivity index is 1.67. The number of aromatic nitrogens is 3. The highest BCUT2D eigenvalue weighted by Gasteiger charge is 2.38. The van der Waals surface area contributed by atoms with Gasteiger partial charge >= 0.3 is 0 Å². The minimum atomic E-state index is -0.155. The Morgan fingerprint density at radius 2 is 2.14 bits per heavy atom. The normalized spacial score (nSPS) is 24.1. The highest BCUT2D eigenvalue weighted by molar-refractivity contribution is 5.90. The summed E-state index contributed by atoms with van der Waals surface area (Å²) in [6.07, 6.45) is 2.13. The lowest BCUT2D eigenvalue weighted by Gasteiger charge is -2.25. The van der Waals surface area contributed by atoms with Gasteiger partial charge in [-0.25, -0.2) is 0 Å². The molecule has 1 aromatic heterocycles. The number of hydrogen-bond acceptors (Lipinski definition) is 5. The first-order valence-electron chi connectivity index (χ1n) is 8.14. The van der Waals surface area contributed by atoms with E-state index in [9.17, 15) is 4.79 Å². The van der Waals surface area contributed by atoms with Crippen LogP contribution in [0.3, 0.4) is 0 Å². The van der Waals surface area contributed by atoms with Crippen LogP contribution >= 0.6 is 0 Å². The Hall–Kier alpha value is -1.47. The number of rotatable bonds is 6. The van der Waals surface area contributed by atoms with Gasteiger partial charge in [0.2, 0.25) is 5.82 Å². The van der Waals surface area contributed by atoms with E-state index in [1.807, 2.05) is 4.57 Å². The Morgan fingerprint density at radius 1 is 1.32 bits per heavy atom. The molecule has 3 heterocycles. The van der Waals surface area contributed by atoms with E-state index in [0.717, 1.165) is 38.4 Å². The van der Waals surface area contributed by atoms with E-state index >= 15 is 0 Å². The van der Waals surface area contributed by atoms with E-state index in [4.69, 9.17) is 4.74 Å². The molecule has 1 aromatic rings. The van der Waals surface area contributed by atoms with Crippen LogP contribution in [0.15, 0.2) is 0 Å². The molecule has 7 heteroatoms. The molecule has 0 aromatic carbocycles. The number of carbonyl (C=O) groups excluding carboxylic acids is 1. The molecule has 2 aliphatic heterocycles. The molecule has 7 nitrogen and oxygen atoms in total. The second kappa shape index (κ2) is 6.75. The zero-order valence-electron chi connectivity index (χ0n) is 13.4. The van der Waals surface area contributed by atoms with Crippen molar-refractivity contribution in [2.45, 2.75) is 26.3 Å². The zero-order chi connectivity index (χ0) is 15.5. The standard InChI is InChI=1S/C15H25N5O2/c1-3-5-19-8-11-7-13-17-18-14(15(21)16-4-6-22-2)20(13)10-12(11)9-19/h11-12H,3-10H2,1-2H3,(H,16,21)/t11-,12-/m0/s1. The number of hydrogen-bond donors (Lipinski definition) is 1. The summed E-state index contributed by atoms with van der Waals surface area (Å²) < 4.78 is 6.96. The number of fused-ring (bicyclic) bond motifs is 2. The van der Waals surface area contributed by atoms with Crippen molar-refractivity contribution >= 4 is 5.91 Å². The van der Waals surface area contributed by atoms with Gasteiger partial charge in [-0.15, -0.1) is 10.2 Å². The van der Waals surface area contributed by atoms with Gasteiger partial charge in [0, 0.05) is 39.7 Å². The summed E-state index contributed by atoms with van der Waals surface area (Å²) in [5.41, 5.74) is 0. The van der Waals surface area contributed by atoms with Gasteiger partial charge in [-0.1, -0.05) is 6.92 Å². The molecule has 1 N–H and O–H groups in total. The quantitative estimate of drug-likeness (QED) is 0.759. The van der Waals surface area contributed by atoms with Crippen LogP contribution in [-0.2, 0) is 17.7 Å². The number of methoxy groups -OCH3 is 1. The lowest BCUT2D eigenvalue weighted by molar-refractivity contribution is 0.0918. The maximum absolute atomic E-state index is 12.2. The molecule has 2 atom stereocenters. The smallest absolute Gasteiger partial charge is 0.289 e. The van der Waals surface area contributed by atoms with Crippen molar-refractivity contribution in [3.05, 3.63) is 11.6 Å². The summed E-state index contributed by atoms with van der Waals surface area (Å²) in [6.45, 7) is 7.52. The summed E-state index contributed by atoms with van der Waals surface area (Å²) in [6, 6.07) is 0. The average Bonchev–Trinajstić information content (AvgIpc) is 3.07. The van der Waals surface area contributed by atoms with E-state index in [1.54, 1.807) is 7.11 Å². The third-order valence-corrected chi connectivity index (χ3v) is 4.68. The Labute approximate surface area is 131 Å². The third kappa shape index (κ3) is 3.01. The summed E-state index contributed by atoms with van der Waals surface area (Å²) in [4.78, 5) is 14.7. The molecule has 122 valence electrons. The Kier molecular flexibility index (Phi) is 4.73. The van der Waals surface area contributed by atoms with Crippen LogP contribution in [0, 0.1) is 11.8 Å². The minimum absolute atomic E-state index is 0.155. The maximum atomic E-state index is 12.2. The van der Waals surface area contributed by atoms with E-state index in [-0.39, 0.29) is 5.91 Å². The number of likely N-dealkylation sites (tertiary alicyclic amines) is 1. The topological polar surface area (TPSA) is 72.3 Å². The maximum Gasteiger partial charge on any atom is 0.289 e. The summed E-state index contributed by atoms with van der Waals surface area (Å²) in [5, 5.41) is 11.2. The fraction of sp³-hybridized carbons (Fsp3) is 0.800. The van der Waals surface area contributed by atoms with Gasteiger partial charge in [0.15, 0.2) is 0 Å². The molecular weight excluding hydrogens is 282 g/mol. The second-order valence-electron chi connectivity index (χ2n) is 6.28. The monoisotopic (exact) mass is 307 g/mol. The Bertz CT molecular complexity index is 530. The lowest BCUT2D eigenvalue weighted by atomic mass is 9.89. The van der Waals surface area contributed by atoms with Crippen LogP contribution in [0.25, 0.3) is 0 Å². The van der Waals surface area contributed by atoms with E-state index in [0.29, 0.717) is 30.8 Å². The summed E-state index contributed by atoms with van der Waals surface area (Å²) in [5.74, 6) is 2.51. The van der Waals surface area contributed by atoms with Crippen molar-refractivity contribution in [3.63, 3.8) is 0 Å². The molecular formula is C15H25N5O2. The molecule has 0 saturated carbocycles. The van der Waals surface area contributed by atoms with Gasteiger partial charge in [0.05, 0.1) is 6.61 Å². The van der Waals surface area contributed by atoms with Crippen LogP contribution in [-0.4, -0.2) is 65.5 Å². The Morgan fingerprint density at radius 3 is 2.91 bits per heavy atom. The summed E-state index contributed by atoms with van der Waals surface area (Å²) >= 11 is 0. The first-order valence-corrected chi connectivity index (χ1v) is 8.14. The number of amides is 1. The molecule has 1 saturated heterocycles. The van der Waals surface area contributed by atoms with Crippen molar-refractivity contribution in [2.75, 3.05) is 39.9 Å². The molecule has 2 aliphatic rings. The summed E-state index contributed by atoms with van der Waals surface area (Å²) in [7, 11) is 1.62. The van der Waals surface area contributed by atoms with Crippen molar-refractivity contribution in [1.82, 2.24) is 25.0 Å².